The van der Waals surface area contributed by atoms with Gasteiger partial charge in [0.15, 0.2) is 0 Å². The third-order valence-corrected chi connectivity index (χ3v) is 5.13. The number of rotatable bonds is 6. The predicted molar refractivity (Wildman–Crippen MR) is 91.0 cm³/mol. The summed E-state index contributed by atoms with van der Waals surface area (Å²) in [6, 6.07) is 16.9. The van der Waals surface area contributed by atoms with Gasteiger partial charge in [0.2, 0.25) is 5.91 Å². The van der Waals surface area contributed by atoms with E-state index < -0.39 is 16.0 Å². The first kappa shape index (κ1) is 16.7. The molecule has 0 saturated heterocycles. The monoisotopic (exact) mass is 335 g/mol. The number of amides is 1. The van der Waals surface area contributed by atoms with E-state index in [4.69, 9.17) is 11.6 Å². The minimum Gasteiger partial charge on any atom is -0.351 e. The smallest absolute Gasteiger partial charge is 0.235 e. The molecule has 2 atom stereocenters. The van der Waals surface area contributed by atoms with Gasteiger partial charge < -0.3 is 5.32 Å². The standard InChI is InChI=1S/C17H18ClNO2S/c1-13(17(20)19-11-14-6-3-2-4-7-14)22(21)12-15-8-5-9-16(18)10-15/h2-10,13H,11-12H2,1H3,(H,19,20)/t13-,22+/m1/s1. The molecule has 2 aromatic carbocycles. The van der Waals surface area contributed by atoms with Gasteiger partial charge in [-0.15, -0.1) is 0 Å². The van der Waals surface area contributed by atoms with Crippen molar-refractivity contribution in [3.8, 4) is 0 Å². The van der Waals surface area contributed by atoms with Crippen molar-refractivity contribution in [2.45, 2.75) is 24.5 Å². The van der Waals surface area contributed by atoms with Gasteiger partial charge in [-0.25, -0.2) is 0 Å². The molecule has 0 aliphatic carbocycles. The number of carbonyl (C=O) groups is 1. The largest absolute Gasteiger partial charge is 0.351 e. The second-order valence-electron chi connectivity index (χ2n) is 5.00. The molecule has 1 N–H and O–H groups in total. The molecular formula is C17H18ClNO2S. The van der Waals surface area contributed by atoms with Crippen LogP contribution in [-0.4, -0.2) is 15.4 Å². The van der Waals surface area contributed by atoms with E-state index in [2.05, 4.69) is 5.32 Å². The van der Waals surface area contributed by atoms with Gasteiger partial charge in [0, 0.05) is 28.1 Å². The van der Waals surface area contributed by atoms with Crippen LogP contribution >= 0.6 is 11.6 Å². The Morgan fingerprint density at radius 3 is 2.50 bits per heavy atom. The third-order valence-electron chi connectivity index (χ3n) is 3.27. The number of nitrogens with one attached hydrogen (secondary N) is 1. The Morgan fingerprint density at radius 1 is 1.14 bits per heavy atom. The van der Waals surface area contributed by atoms with E-state index in [-0.39, 0.29) is 5.91 Å². The van der Waals surface area contributed by atoms with E-state index in [9.17, 15) is 9.00 Å². The van der Waals surface area contributed by atoms with Crippen LogP contribution in [-0.2, 0) is 27.9 Å². The number of halogens is 1. The minimum absolute atomic E-state index is 0.204. The summed E-state index contributed by atoms with van der Waals surface area (Å²) in [7, 11) is -1.28. The predicted octanol–water partition coefficient (Wildman–Crippen LogP) is 3.29. The molecule has 0 aliphatic heterocycles. The molecule has 2 rings (SSSR count). The Hall–Kier alpha value is -1.65. The molecule has 0 aliphatic rings. The first-order chi connectivity index (χ1) is 10.6. The number of carbonyl (C=O) groups excluding carboxylic acids is 1. The normalized spacial score (nSPS) is 13.4. The zero-order valence-electron chi connectivity index (χ0n) is 12.3. The second kappa shape index (κ2) is 8.11. The van der Waals surface area contributed by atoms with Crippen LogP contribution in [0.1, 0.15) is 18.1 Å². The van der Waals surface area contributed by atoms with E-state index in [1.807, 2.05) is 42.5 Å². The van der Waals surface area contributed by atoms with Crippen LogP contribution in [0.15, 0.2) is 54.6 Å². The highest BCUT2D eigenvalue weighted by Gasteiger charge is 2.19. The van der Waals surface area contributed by atoms with Crippen LogP contribution in [0.25, 0.3) is 0 Å². The summed E-state index contributed by atoms with van der Waals surface area (Å²) in [6.07, 6.45) is 0. The van der Waals surface area contributed by atoms with E-state index in [1.54, 1.807) is 19.1 Å². The Kier molecular flexibility index (Phi) is 6.16. The van der Waals surface area contributed by atoms with Gasteiger partial charge >= 0.3 is 0 Å². The summed E-state index contributed by atoms with van der Waals surface area (Å²) in [5, 5.41) is 2.86. The molecule has 116 valence electrons. The van der Waals surface area contributed by atoms with Gasteiger partial charge in [0.05, 0.1) is 0 Å². The van der Waals surface area contributed by atoms with Gasteiger partial charge in [-0.05, 0) is 30.2 Å². The summed E-state index contributed by atoms with van der Waals surface area (Å²) in [5.74, 6) is 0.115. The Morgan fingerprint density at radius 2 is 1.82 bits per heavy atom. The SMILES string of the molecule is C[C@H](C(=O)NCc1ccccc1)[S@@](=O)Cc1cccc(Cl)c1. The van der Waals surface area contributed by atoms with E-state index in [0.717, 1.165) is 11.1 Å². The lowest BCUT2D eigenvalue weighted by atomic mass is 10.2. The Bertz CT molecular complexity index is 661. The zero-order chi connectivity index (χ0) is 15.9. The Labute approximate surface area is 138 Å². The zero-order valence-corrected chi connectivity index (χ0v) is 13.9. The molecule has 0 saturated carbocycles. The van der Waals surface area contributed by atoms with Crippen molar-refractivity contribution in [3.05, 3.63) is 70.7 Å². The highest BCUT2D eigenvalue weighted by molar-refractivity contribution is 7.85. The molecule has 0 spiro atoms. The van der Waals surface area contributed by atoms with Crippen molar-refractivity contribution >= 4 is 28.3 Å². The van der Waals surface area contributed by atoms with Crippen LogP contribution in [0, 0.1) is 0 Å². The topological polar surface area (TPSA) is 46.2 Å². The maximum absolute atomic E-state index is 12.3. The summed E-state index contributed by atoms with van der Waals surface area (Å²) in [5.41, 5.74) is 1.89. The average molecular weight is 336 g/mol. The number of benzene rings is 2. The molecule has 1 amide bonds. The molecule has 0 aromatic heterocycles. The van der Waals surface area contributed by atoms with Gasteiger partial charge in [-0.3, -0.25) is 9.00 Å². The van der Waals surface area contributed by atoms with Crippen molar-refractivity contribution in [2.24, 2.45) is 0 Å². The lowest BCUT2D eigenvalue weighted by Crippen LogP contribution is -2.35. The van der Waals surface area contributed by atoms with E-state index >= 15 is 0 Å². The van der Waals surface area contributed by atoms with Crippen LogP contribution in [0.2, 0.25) is 5.02 Å². The fourth-order valence-electron chi connectivity index (χ4n) is 1.96. The molecule has 5 heteroatoms. The van der Waals surface area contributed by atoms with E-state index in [1.165, 1.54) is 0 Å². The van der Waals surface area contributed by atoms with Crippen molar-refractivity contribution in [1.29, 1.82) is 0 Å². The van der Waals surface area contributed by atoms with Crippen molar-refractivity contribution in [1.82, 2.24) is 5.32 Å². The maximum Gasteiger partial charge on any atom is 0.235 e. The lowest BCUT2D eigenvalue weighted by molar-refractivity contribution is -0.120. The molecule has 0 radical (unpaired) electrons. The molecule has 0 bridgehead atoms. The summed E-state index contributed by atoms with van der Waals surface area (Å²) in [4.78, 5) is 12.1. The van der Waals surface area contributed by atoms with Crippen molar-refractivity contribution < 1.29 is 9.00 Å². The highest BCUT2D eigenvalue weighted by Crippen LogP contribution is 2.14. The first-order valence-electron chi connectivity index (χ1n) is 6.99. The Balaban J connectivity index is 1.88. The fraction of sp³-hybridized carbons (Fsp3) is 0.235. The van der Waals surface area contributed by atoms with Crippen LogP contribution in [0.4, 0.5) is 0 Å². The maximum atomic E-state index is 12.3. The van der Waals surface area contributed by atoms with Crippen LogP contribution < -0.4 is 5.32 Å². The van der Waals surface area contributed by atoms with Gasteiger partial charge in [-0.1, -0.05) is 54.1 Å². The van der Waals surface area contributed by atoms with Gasteiger partial charge in [-0.2, -0.15) is 0 Å². The fourth-order valence-corrected chi connectivity index (χ4v) is 3.26. The average Bonchev–Trinajstić information content (AvgIpc) is 2.53. The first-order valence-corrected chi connectivity index (χ1v) is 8.75. The van der Waals surface area contributed by atoms with Gasteiger partial charge in [0.1, 0.15) is 5.25 Å². The molecule has 3 nitrogen and oxygen atoms in total. The summed E-state index contributed by atoms with van der Waals surface area (Å²) in [6.45, 7) is 2.12. The number of hydrogen-bond acceptors (Lipinski definition) is 2. The number of hydrogen-bond donors (Lipinski definition) is 1. The van der Waals surface area contributed by atoms with Gasteiger partial charge in [0.25, 0.3) is 0 Å². The molecule has 0 heterocycles. The second-order valence-corrected chi connectivity index (χ2v) is 7.19. The van der Waals surface area contributed by atoms with Crippen molar-refractivity contribution in [2.75, 3.05) is 0 Å². The summed E-state index contributed by atoms with van der Waals surface area (Å²) >= 11 is 5.91. The molecule has 0 fully saturated rings. The van der Waals surface area contributed by atoms with Crippen LogP contribution in [0.5, 0.6) is 0 Å². The highest BCUT2D eigenvalue weighted by atomic mass is 35.5. The van der Waals surface area contributed by atoms with Crippen LogP contribution in [0.3, 0.4) is 0 Å². The molecule has 2 aromatic rings. The van der Waals surface area contributed by atoms with E-state index in [0.29, 0.717) is 17.3 Å². The molecule has 0 unspecified atom stereocenters. The quantitative estimate of drug-likeness (QED) is 0.880. The minimum atomic E-state index is -1.28. The molecule has 22 heavy (non-hydrogen) atoms. The van der Waals surface area contributed by atoms with Crippen molar-refractivity contribution in [3.63, 3.8) is 0 Å². The molecular weight excluding hydrogens is 318 g/mol. The summed E-state index contributed by atoms with van der Waals surface area (Å²) < 4.78 is 12.3. The third kappa shape index (κ3) is 4.97. The lowest BCUT2D eigenvalue weighted by Gasteiger charge is -2.12.